The first-order valence-electron chi connectivity index (χ1n) is 12.3. The van der Waals surface area contributed by atoms with Crippen LogP contribution < -0.4 is 0 Å². The maximum atomic E-state index is 7.37. The summed E-state index contributed by atoms with van der Waals surface area (Å²) in [6.45, 7) is 1.81. The SMILES string of the molecule is Cc1cc(-c2[c-]cccc2)ncc1-c1ccccc1.[2H]C([2H])([2H])c1cnc(-c2[c-]cccc2)cc1C.[Ir]. The van der Waals surface area contributed by atoms with Crippen LogP contribution in [0.5, 0.6) is 0 Å². The molecule has 0 unspecified atom stereocenters. The molecule has 3 heteroatoms. The third kappa shape index (κ3) is 6.35. The molecule has 0 atom stereocenters. The van der Waals surface area contributed by atoms with Gasteiger partial charge >= 0.3 is 0 Å². The predicted molar refractivity (Wildman–Crippen MR) is 137 cm³/mol. The molecule has 2 aromatic heterocycles. The predicted octanol–water partition coefficient (Wildman–Crippen LogP) is 7.69. The summed E-state index contributed by atoms with van der Waals surface area (Å²) in [6, 6.07) is 35.9. The Kier molecular flexibility index (Phi) is 7.58. The molecule has 0 aliphatic heterocycles. The van der Waals surface area contributed by atoms with E-state index in [4.69, 9.17) is 4.11 Å². The fraction of sp³-hybridized carbons (Fsp3) is 0.0968. The average Bonchev–Trinajstić information content (AvgIpc) is 2.90. The molecule has 171 valence electrons. The Morgan fingerprint density at radius 2 is 1.21 bits per heavy atom. The molecular formula is C31H26IrN2-2. The van der Waals surface area contributed by atoms with Gasteiger partial charge in [0.2, 0.25) is 0 Å². The normalized spacial score (nSPS) is 11.6. The molecular weight excluding hydrogens is 593 g/mol. The molecule has 2 heterocycles. The zero-order chi connectivity index (χ0) is 25.5. The Balaban J connectivity index is 0.000000201. The van der Waals surface area contributed by atoms with E-state index in [0.717, 1.165) is 28.1 Å². The summed E-state index contributed by atoms with van der Waals surface area (Å²) in [4.78, 5) is 8.74. The second-order valence-electron chi connectivity index (χ2n) is 7.69. The summed E-state index contributed by atoms with van der Waals surface area (Å²) in [7, 11) is 0. The first-order valence-corrected chi connectivity index (χ1v) is 10.8. The minimum absolute atomic E-state index is 0. The number of rotatable bonds is 3. The van der Waals surface area contributed by atoms with Crippen molar-refractivity contribution in [2.24, 2.45) is 0 Å². The topological polar surface area (TPSA) is 25.8 Å². The van der Waals surface area contributed by atoms with Crippen molar-refractivity contribution in [3.63, 3.8) is 0 Å². The number of aromatic nitrogens is 2. The Morgan fingerprint density at radius 1 is 0.647 bits per heavy atom. The molecule has 0 saturated heterocycles. The Bertz CT molecular complexity index is 1420. The summed E-state index contributed by atoms with van der Waals surface area (Å²) in [5.74, 6) is 0. The molecule has 3 aromatic carbocycles. The summed E-state index contributed by atoms with van der Waals surface area (Å²) >= 11 is 0. The van der Waals surface area contributed by atoms with Gasteiger partial charge in [0, 0.05) is 42.2 Å². The van der Waals surface area contributed by atoms with Crippen LogP contribution in [0.2, 0.25) is 0 Å². The Morgan fingerprint density at radius 3 is 1.71 bits per heavy atom. The molecule has 0 aliphatic carbocycles. The molecule has 0 fully saturated rings. The monoisotopic (exact) mass is 622 g/mol. The van der Waals surface area contributed by atoms with Crippen molar-refractivity contribution in [1.29, 1.82) is 0 Å². The third-order valence-corrected chi connectivity index (χ3v) is 5.28. The zero-order valence-corrected chi connectivity index (χ0v) is 21.4. The van der Waals surface area contributed by atoms with Crippen LogP contribution in [0, 0.1) is 32.8 Å². The number of pyridine rings is 2. The first kappa shape index (κ1) is 21.2. The molecule has 0 N–H and O–H groups in total. The number of benzene rings is 3. The van der Waals surface area contributed by atoms with Crippen LogP contribution in [-0.2, 0) is 20.1 Å². The second kappa shape index (κ2) is 12.2. The minimum Gasteiger partial charge on any atom is -0.304 e. The second-order valence-corrected chi connectivity index (χ2v) is 7.69. The molecule has 1 radical (unpaired) electrons. The van der Waals surface area contributed by atoms with Gasteiger partial charge in [0.15, 0.2) is 0 Å². The summed E-state index contributed by atoms with van der Waals surface area (Å²) in [6.07, 6.45) is 3.37. The number of nitrogens with zero attached hydrogens (tertiary/aromatic N) is 2. The molecule has 0 saturated carbocycles. The van der Waals surface area contributed by atoms with E-state index in [9.17, 15) is 0 Å². The molecule has 5 rings (SSSR count). The number of hydrogen-bond donors (Lipinski definition) is 0. The van der Waals surface area contributed by atoms with Gasteiger partial charge in [0.1, 0.15) is 0 Å². The van der Waals surface area contributed by atoms with Gasteiger partial charge in [0.25, 0.3) is 0 Å². The smallest absolute Gasteiger partial charge is 0.0280 e. The fourth-order valence-electron chi connectivity index (χ4n) is 3.43. The van der Waals surface area contributed by atoms with Gasteiger partial charge in [-0.3, -0.25) is 0 Å². The van der Waals surface area contributed by atoms with Crippen LogP contribution in [0.1, 0.15) is 20.8 Å². The van der Waals surface area contributed by atoms with Gasteiger partial charge in [0.05, 0.1) is 0 Å². The largest absolute Gasteiger partial charge is 0.304 e. The van der Waals surface area contributed by atoms with E-state index in [-0.39, 0.29) is 20.1 Å². The maximum absolute atomic E-state index is 7.37. The molecule has 34 heavy (non-hydrogen) atoms. The zero-order valence-electron chi connectivity index (χ0n) is 22.0. The fourth-order valence-corrected chi connectivity index (χ4v) is 3.43. The van der Waals surface area contributed by atoms with E-state index in [1.807, 2.05) is 72.9 Å². The van der Waals surface area contributed by atoms with Crippen molar-refractivity contribution in [2.45, 2.75) is 20.7 Å². The number of aryl methyl sites for hydroxylation is 3. The molecule has 0 amide bonds. The van der Waals surface area contributed by atoms with Gasteiger partial charge in [-0.25, -0.2) is 0 Å². The van der Waals surface area contributed by atoms with Crippen molar-refractivity contribution in [2.75, 3.05) is 0 Å². The van der Waals surface area contributed by atoms with Gasteiger partial charge in [-0.05, 0) is 48.8 Å². The van der Waals surface area contributed by atoms with E-state index in [2.05, 4.69) is 47.2 Å². The molecule has 2 nitrogen and oxygen atoms in total. The summed E-state index contributed by atoms with van der Waals surface area (Å²) in [5, 5.41) is 0. The maximum Gasteiger partial charge on any atom is 0.0280 e. The van der Waals surface area contributed by atoms with E-state index >= 15 is 0 Å². The van der Waals surface area contributed by atoms with Crippen molar-refractivity contribution >= 4 is 0 Å². The van der Waals surface area contributed by atoms with Gasteiger partial charge in [-0.2, -0.15) is 0 Å². The van der Waals surface area contributed by atoms with Crippen LogP contribution >= 0.6 is 0 Å². The standard InChI is InChI=1S/C18H14N.C13H12N.Ir/c1-14-12-18(16-10-6-3-7-11-16)19-13-17(14)15-8-4-2-5-9-15;1-10-8-13(14-9-11(10)2)12-6-4-3-5-7-12;/h2-10,12-13H,1H3;3-6,8-9H,1-2H3;/q2*-1;/i;2D3;. The minimum atomic E-state index is -2.10. The Hall–Kier alpha value is -3.39. The van der Waals surface area contributed by atoms with Gasteiger partial charge in [-0.15, -0.1) is 71.8 Å². The van der Waals surface area contributed by atoms with E-state index in [1.165, 1.54) is 22.9 Å². The van der Waals surface area contributed by atoms with Gasteiger partial charge in [-0.1, -0.05) is 48.0 Å². The quantitative estimate of drug-likeness (QED) is 0.193. The van der Waals surface area contributed by atoms with Crippen LogP contribution in [-0.4, -0.2) is 9.97 Å². The molecule has 0 aliphatic rings. The van der Waals surface area contributed by atoms with Crippen LogP contribution in [0.25, 0.3) is 33.6 Å². The summed E-state index contributed by atoms with van der Waals surface area (Å²) < 4.78 is 22.1. The third-order valence-electron chi connectivity index (χ3n) is 5.28. The van der Waals surface area contributed by atoms with Crippen LogP contribution in [0.3, 0.4) is 0 Å². The van der Waals surface area contributed by atoms with E-state index < -0.39 is 6.85 Å². The van der Waals surface area contributed by atoms with Crippen molar-refractivity contribution < 1.29 is 24.2 Å². The Labute approximate surface area is 220 Å². The van der Waals surface area contributed by atoms with Crippen molar-refractivity contribution in [1.82, 2.24) is 9.97 Å². The molecule has 0 spiro atoms. The molecule has 5 aromatic rings. The van der Waals surface area contributed by atoms with Crippen molar-refractivity contribution in [3.8, 4) is 33.6 Å². The number of hydrogen-bond acceptors (Lipinski definition) is 2. The average molecular weight is 622 g/mol. The van der Waals surface area contributed by atoms with Crippen LogP contribution in [0.15, 0.2) is 103 Å². The van der Waals surface area contributed by atoms with Gasteiger partial charge < -0.3 is 9.97 Å². The first-order chi connectivity index (χ1) is 17.3. The van der Waals surface area contributed by atoms with Crippen LogP contribution in [0.4, 0.5) is 0 Å². The molecule has 0 bridgehead atoms. The summed E-state index contributed by atoms with van der Waals surface area (Å²) in [5.41, 5.74) is 8.26. The van der Waals surface area contributed by atoms with E-state index in [1.54, 1.807) is 13.0 Å². The van der Waals surface area contributed by atoms with Crippen molar-refractivity contribution in [3.05, 3.63) is 132 Å². The van der Waals surface area contributed by atoms with E-state index in [0.29, 0.717) is 5.56 Å².